The monoisotopic (exact) mass is 357 g/mol. The standard InChI is InChI=1S/C16H23N3O2S.ClH/c1-12-2-4-13(5-3-12)16(21)19-7-6-18-15(20)10-14-11-22-9-8-17-14;/h2-5,14,17H,6-11H2,1H3,(H,18,20)(H,19,21);1H. The highest BCUT2D eigenvalue weighted by Crippen LogP contribution is 2.09. The summed E-state index contributed by atoms with van der Waals surface area (Å²) in [5.41, 5.74) is 1.76. The third-order valence-corrected chi connectivity index (χ3v) is 4.61. The van der Waals surface area contributed by atoms with Crippen LogP contribution in [0.2, 0.25) is 0 Å². The molecule has 1 aliphatic rings. The third-order valence-electron chi connectivity index (χ3n) is 3.48. The molecule has 1 fully saturated rings. The van der Waals surface area contributed by atoms with E-state index >= 15 is 0 Å². The van der Waals surface area contributed by atoms with Gasteiger partial charge in [-0.1, -0.05) is 17.7 Å². The van der Waals surface area contributed by atoms with Gasteiger partial charge in [0.15, 0.2) is 0 Å². The van der Waals surface area contributed by atoms with Gasteiger partial charge in [0.1, 0.15) is 0 Å². The Morgan fingerprint density at radius 2 is 1.91 bits per heavy atom. The van der Waals surface area contributed by atoms with Gasteiger partial charge in [0.25, 0.3) is 5.91 Å². The first-order valence-electron chi connectivity index (χ1n) is 7.58. The van der Waals surface area contributed by atoms with Crippen LogP contribution in [-0.2, 0) is 4.79 Å². The lowest BCUT2D eigenvalue weighted by Crippen LogP contribution is -2.42. The lowest BCUT2D eigenvalue weighted by molar-refractivity contribution is -0.121. The third kappa shape index (κ3) is 7.24. The van der Waals surface area contributed by atoms with E-state index in [1.165, 1.54) is 0 Å². The van der Waals surface area contributed by atoms with Crippen molar-refractivity contribution in [2.24, 2.45) is 0 Å². The number of nitrogens with one attached hydrogen (secondary N) is 3. The minimum Gasteiger partial charge on any atom is -0.354 e. The van der Waals surface area contributed by atoms with E-state index in [-0.39, 0.29) is 30.3 Å². The summed E-state index contributed by atoms with van der Waals surface area (Å²) >= 11 is 1.88. The van der Waals surface area contributed by atoms with Crippen molar-refractivity contribution in [3.8, 4) is 0 Å². The van der Waals surface area contributed by atoms with E-state index in [0.717, 1.165) is 23.6 Å². The second-order valence-electron chi connectivity index (χ2n) is 5.40. The zero-order chi connectivity index (χ0) is 15.8. The van der Waals surface area contributed by atoms with Crippen molar-refractivity contribution in [2.75, 3.05) is 31.1 Å². The number of aryl methyl sites for hydroxylation is 1. The molecule has 1 aromatic carbocycles. The van der Waals surface area contributed by atoms with E-state index in [9.17, 15) is 9.59 Å². The number of amides is 2. The van der Waals surface area contributed by atoms with Gasteiger partial charge in [-0.2, -0.15) is 11.8 Å². The van der Waals surface area contributed by atoms with Crippen LogP contribution in [0.25, 0.3) is 0 Å². The van der Waals surface area contributed by atoms with Gasteiger partial charge in [-0.25, -0.2) is 0 Å². The van der Waals surface area contributed by atoms with E-state index in [1.54, 1.807) is 12.1 Å². The van der Waals surface area contributed by atoms with Gasteiger partial charge in [0, 0.05) is 49.2 Å². The fourth-order valence-electron chi connectivity index (χ4n) is 2.23. The fraction of sp³-hybridized carbons (Fsp3) is 0.500. The summed E-state index contributed by atoms with van der Waals surface area (Å²) in [7, 11) is 0. The molecule has 2 rings (SSSR count). The number of thioether (sulfide) groups is 1. The maximum absolute atomic E-state index is 11.9. The molecular formula is C16H24ClN3O2S. The van der Waals surface area contributed by atoms with E-state index < -0.39 is 0 Å². The number of rotatable bonds is 6. The van der Waals surface area contributed by atoms with Gasteiger partial charge in [-0.15, -0.1) is 12.4 Å². The minimum absolute atomic E-state index is 0. The molecule has 7 heteroatoms. The molecule has 3 N–H and O–H groups in total. The lowest BCUT2D eigenvalue weighted by atomic mass is 10.1. The van der Waals surface area contributed by atoms with Crippen molar-refractivity contribution in [3.05, 3.63) is 35.4 Å². The predicted molar refractivity (Wildman–Crippen MR) is 97.5 cm³/mol. The molecule has 0 radical (unpaired) electrons. The molecule has 1 aliphatic heterocycles. The van der Waals surface area contributed by atoms with Gasteiger partial charge in [-0.05, 0) is 19.1 Å². The average molecular weight is 358 g/mol. The Hall–Kier alpha value is -1.24. The Kier molecular flexibility index (Phi) is 9.06. The van der Waals surface area contributed by atoms with E-state index in [2.05, 4.69) is 16.0 Å². The van der Waals surface area contributed by atoms with Crippen LogP contribution >= 0.6 is 24.2 Å². The van der Waals surface area contributed by atoms with Crippen LogP contribution in [0.15, 0.2) is 24.3 Å². The molecule has 2 amide bonds. The molecule has 23 heavy (non-hydrogen) atoms. The van der Waals surface area contributed by atoms with Gasteiger partial charge in [-0.3, -0.25) is 9.59 Å². The maximum Gasteiger partial charge on any atom is 0.251 e. The van der Waals surface area contributed by atoms with Crippen LogP contribution in [0.3, 0.4) is 0 Å². The quantitative estimate of drug-likeness (QED) is 0.672. The Labute approximate surface area is 147 Å². The predicted octanol–water partition coefficient (Wildman–Crippen LogP) is 1.36. The molecule has 0 saturated carbocycles. The molecular weight excluding hydrogens is 334 g/mol. The Balaban J connectivity index is 0.00000264. The lowest BCUT2D eigenvalue weighted by Gasteiger charge is -2.22. The number of hydrogen-bond donors (Lipinski definition) is 3. The first kappa shape index (κ1) is 19.8. The molecule has 5 nitrogen and oxygen atoms in total. The molecule has 128 valence electrons. The van der Waals surface area contributed by atoms with Crippen LogP contribution in [0.1, 0.15) is 22.3 Å². The molecule has 1 aromatic rings. The molecule has 0 spiro atoms. The van der Waals surface area contributed by atoms with E-state index in [0.29, 0.717) is 25.1 Å². The highest BCUT2D eigenvalue weighted by Gasteiger charge is 2.16. The second kappa shape index (κ2) is 10.5. The topological polar surface area (TPSA) is 70.2 Å². The summed E-state index contributed by atoms with van der Waals surface area (Å²) in [6, 6.07) is 7.68. The average Bonchev–Trinajstić information content (AvgIpc) is 2.53. The summed E-state index contributed by atoms with van der Waals surface area (Å²) in [6.45, 7) is 3.84. The Bertz CT molecular complexity index is 505. The van der Waals surface area contributed by atoms with Crippen LogP contribution in [0.5, 0.6) is 0 Å². The van der Waals surface area contributed by atoms with Crippen LogP contribution < -0.4 is 16.0 Å². The second-order valence-corrected chi connectivity index (χ2v) is 6.55. The molecule has 1 unspecified atom stereocenters. The molecule has 0 aromatic heterocycles. The van der Waals surface area contributed by atoms with E-state index in [1.807, 2.05) is 30.8 Å². The maximum atomic E-state index is 11.9. The van der Waals surface area contributed by atoms with Gasteiger partial charge >= 0.3 is 0 Å². The fourth-order valence-corrected chi connectivity index (χ4v) is 3.18. The number of carbonyl (C=O) groups excluding carboxylic acids is 2. The van der Waals surface area contributed by atoms with E-state index in [4.69, 9.17) is 0 Å². The Morgan fingerprint density at radius 1 is 1.22 bits per heavy atom. The van der Waals surface area contributed by atoms with Crippen molar-refractivity contribution in [3.63, 3.8) is 0 Å². The first-order chi connectivity index (χ1) is 10.6. The summed E-state index contributed by atoms with van der Waals surface area (Å²) in [5.74, 6) is 2.02. The number of carbonyl (C=O) groups is 2. The molecule has 0 bridgehead atoms. The normalized spacial score (nSPS) is 17.0. The molecule has 1 heterocycles. The van der Waals surface area contributed by atoms with Crippen LogP contribution in [0, 0.1) is 6.92 Å². The zero-order valence-corrected chi connectivity index (χ0v) is 14.9. The zero-order valence-electron chi connectivity index (χ0n) is 13.3. The first-order valence-corrected chi connectivity index (χ1v) is 8.73. The smallest absolute Gasteiger partial charge is 0.251 e. The number of benzene rings is 1. The highest BCUT2D eigenvalue weighted by molar-refractivity contribution is 7.99. The largest absolute Gasteiger partial charge is 0.354 e. The van der Waals surface area contributed by atoms with Crippen molar-refractivity contribution in [1.29, 1.82) is 0 Å². The summed E-state index contributed by atoms with van der Waals surface area (Å²) in [6.07, 6.45) is 0.499. The van der Waals surface area contributed by atoms with Gasteiger partial charge in [0.2, 0.25) is 5.91 Å². The molecule has 1 saturated heterocycles. The minimum atomic E-state index is -0.111. The van der Waals surface area contributed by atoms with Crippen molar-refractivity contribution >= 4 is 36.0 Å². The van der Waals surface area contributed by atoms with Crippen LogP contribution in [-0.4, -0.2) is 49.0 Å². The molecule has 1 atom stereocenters. The summed E-state index contributed by atoms with van der Waals surface area (Å²) in [4.78, 5) is 23.7. The van der Waals surface area contributed by atoms with Gasteiger partial charge in [0.05, 0.1) is 0 Å². The van der Waals surface area contributed by atoms with Crippen molar-refractivity contribution in [2.45, 2.75) is 19.4 Å². The summed E-state index contributed by atoms with van der Waals surface area (Å²) < 4.78 is 0. The molecule has 0 aliphatic carbocycles. The SMILES string of the molecule is Cc1ccc(C(=O)NCCNC(=O)CC2CSCCN2)cc1.Cl. The number of halogens is 1. The Morgan fingerprint density at radius 3 is 2.57 bits per heavy atom. The van der Waals surface area contributed by atoms with Crippen molar-refractivity contribution < 1.29 is 9.59 Å². The van der Waals surface area contributed by atoms with Crippen molar-refractivity contribution in [1.82, 2.24) is 16.0 Å². The van der Waals surface area contributed by atoms with Gasteiger partial charge < -0.3 is 16.0 Å². The van der Waals surface area contributed by atoms with Crippen LogP contribution in [0.4, 0.5) is 0 Å². The highest BCUT2D eigenvalue weighted by atomic mass is 35.5. The summed E-state index contributed by atoms with van der Waals surface area (Å²) in [5, 5.41) is 8.98. The number of hydrogen-bond acceptors (Lipinski definition) is 4.